The standard InChI is InChI=1S/C55H93N3O13/c1-5-9-13-17-21-25-29-49(59)66-39-45(40-67-50(60)30-26-22-18-14-10-6-2)35-53(63)70-43-47-37-48(38-58(47)55(65)57-34-33-56-44-57)71-54(64)36-46(41-68-51(61)31-27-23-19-15-11-7-3)42-69-52(62)32-28-24-20-16-12-8-4/h33-34,44-48H,5-32,35-43H2,1-4H3/t47-,48+/m1/s1. The fourth-order valence-electron chi connectivity index (χ4n) is 8.49. The fourth-order valence-corrected chi connectivity index (χ4v) is 8.49. The highest BCUT2D eigenvalue weighted by Gasteiger charge is 2.39. The average molecular weight is 1000 g/mol. The third-order valence-corrected chi connectivity index (χ3v) is 12.9. The highest BCUT2D eigenvalue weighted by molar-refractivity contribution is 5.78. The zero-order valence-electron chi connectivity index (χ0n) is 44.4. The Labute approximate surface area is 426 Å². The number of hydrogen-bond donors (Lipinski definition) is 0. The van der Waals surface area contributed by atoms with Crippen LogP contribution in [0.5, 0.6) is 0 Å². The van der Waals surface area contributed by atoms with Crippen LogP contribution in [0, 0.1) is 11.8 Å². The van der Waals surface area contributed by atoms with Crippen LogP contribution in [0.1, 0.15) is 227 Å². The number of amides is 1. The third-order valence-electron chi connectivity index (χ3n) is 12.9. The van der Waals surface area contributed by atoms with E-state index in [2.05, 4.69) is 32.7 Å². The molecule has 0 bridgehead atoms. The molecule has 1 fully saturated rings. The Hall–Kier alpha value is -4.50. The molecule has 0 aliphatic carbocycles. The van der Waals surface area contributed by atoms with Crippen LogP contribution in [0.15, 0.2) is 18.7 Å². The molecule has 1 aromatic rings. The van der Waals surface area contributed by atoms with E-state index in [-0.39, 0.29) is 108 Å². The van der Waals surface area contributed by atoms with Gasteiger partial charge < -0.3 is 33.3 Å². The van der Waals surface area contributed by atoms with E-state index in [1.54, 1.807) is 0 Å². The minimum absolute atomic E-state index is 0.00184. The molecule has 71 heavy (non-hydrogen) atoms. The highest BCUT2D eigenvalue weighted by Crippen LogP contribution is 2.24. The van der Waals surface area contributed by atoms with Crippen LogP contribution >= 0.6 is 0 Å². The van der Waals surface area contributed by atoms with Crippen molar-refractivity contribution >= 4 is 41.8 Å². The molecule has 16 nitrogen and oxygen atoms in total. The van der Waals surface area contributed by atoms with E-state index in [9.17, 15) is 33.6 Å². The molecule has 1 aromatic heterocycles. The van der Waals surface area contributed by atoms with Gasteiger partial charge in [-0.05, 0) is 25.7 Å². The summed E-state index contributed by atoms with van der Waals surface area (Å²) in [5.41, 5.74) is 0. The Morgan fingerprint density at radius 3 is 1.21 bits per heavy atom. The largest absolute Gasteiger partial charge is 0.465 e. The van der Waals surface area contributed by atoms with Crippen molar-refractivity contribution in [2.24, 2.45) is 11.8 Å². The average Bonchev–Trinajstić information content (AvgIpc) is 4.05. The van der Waals surface area contributed by atoms with Gasteiger partial charge in [0.2, 0.25) is 0 Å². The first-order chi connectivity index (χ1) is 34.5. The second-order valence-electron chi connectivity index (χ2n) is 19.5. The Bertz CT molecular complexity index is 1540. The normalized spacial score (nSPS) is 14.4. The maximum absolute atomic E-state index is 13.7. The molecule has 1 aliphatic rings. The van der Waals surface area contributed by atoms with Crippen LogP contribution in [-0.2, 0) is 57.2 Å². The molecule has 0 aromatic carbocycles. The number of hydrogen-bond acceptors (Lipinski definition) is 14. The fraction of sp³-hybridized carbons (Fsp3) is 0.818. The van der Waals surface area contributed by atoms with Crippen LogP contribution in [0.3, 0.4) is 0 Å². The van der Waals surface area contributed by atoms with Crippen LogP contribution < -0.4 is 0 Å². The summed E-state index contributed by atoms with van der Waals surface area (Å²) in [5, 5.41) is 0. The number of carbonyl (C=O) groups is 7. The number of imidazole rings is 1. The van der Waals surface area contributed by atoms with Gasteiger partial charge in [-0.15, -0.1) is 0 Å². The molecule has 2 heterocycles. The Morgan fingerprint density at radius 2 is 0.845 bits per heavy atom. The van der Waals surface area contributed by atoms with Crippen LogP contribution in [0.2, 0.25) is 0 Å². The monoisotopic (exact) mass is 1000 g/mol. The predicted molar refractivity (Wildman–Crippen MR) is 271 cm³/mol. The second kappa shape index (κ2) is 41.0. The van der Waals surface area contributed by atoms with Crippen molar-refractivity contribution in [3.05, 3.63) is 18.7 Å². The number of unbranched alkanes of at least 4 members (excludes halogenated alkanes) is 20. The van der Waals surface area contributed by atoms with Crippen molar-refractivity contribution in [2.75, 3.05) is 39.6 Å². The van der Waals surface area contributed by atoms with Gasteiger partial charge in [-0.1, -0.05) is 156 Å². The minimum atomic E-state index is -0.769. The molecule has 1 saturated heterocycles. The molecule has 0 unspecified atom stereocenters. The Kier molecular flexibility index (Phi) is 36.2. The van der Waals surface area contributed by atoms with Gasteiger partial charge in [-0.3, -0.25) is 33.3 Å². The lowest BCUT2D eigenvalue weighted by atomic mass is 10.1. The van der Waals surface area contributed by atoms with E-state index in [4.69, 9.17) is 28.4 Å². The first-order valence-electron chi connectivity index (χ1n) is 27.8. The molecule has 16 heteroatoms. The van der Waals surface area contributed by atoms with Gasteiger partial charge in [0.1, 0.15) is 19.0 Å². The molecule has 0 saturated carbocycles. The molecular weight excluding hydrogens is 911 g/mol. The van der Waals surface area contributed by atoms with Crippen LogP contribution in [-0.4, -0.2) is 108 Å². The molecule has 0 N–H and O–H groups in total. The number of carbonyl (C=O) groups excluding carboxylic acids is 7. The van der Waals surface area contributed by atoms with Gasteiger partial charge in [0, 0.05) is 56.3 Å². The molecule has 406 valence electrons. The summed E-state index contributed by atoms with van der Waals surface area (Å²) in [6.07, 6.45) is 28.8. The van der Waals surface area contributed by atoms with E-state index < -0.39 is 42.0 Å². The number of aromatic nitrogens is 2. The third kappa shape index (κ3) is 31.5. The summed E-state index contributed by atoms with van der Waals surface area (Å²) in [6, 6.07) is -1.14. The minimum Gasteiger partial charge on any atom is -0.465 e. The summed E-state index contributed by atoms with van der Waals surface area (Å²) < 4.78 is 35.2. The van der Waals surface area contributed by atoms with Gasteiger partial charge in [-0.25, -0.2) is 9.78 Å². The lowest BCUT2D eigenvalue weighted by Crippen LogP contribution is -2.41. The first-order valence-corrected chi connectivity index (χ1v) is 27.8. The second-order valence-corrected chi connectivity index (χ2v) is 19.5. The van der Waals surface area contributed by atoms with Crippen molar-refractivity contribution < 1.29 is 62.0 Å². The van der Waals surface area contributed by atoms with Crippen LogP contribution in [0.25, 0.3) is 0 Å². The quantitative estimate of drug-likeness (QED) is 0.0340. The van der Waals surface area contributed by atoms with Gasteiger partial charge in [0.15, 0.2) is 0 Å². The maximum atomic E-state index is 13.7. The first kappa shape index (κ1) is 62.6. The van der Waals surface area contributed by atoms with E-state index >= 15 is 0 Å². The number of rotatable bonds is 43. The van der Waals surface area contributed by atoms with Crippen molar-refractivity contribution in [1.82, 2.24) is 14.5 Å². The van der Waals surface area contributed by atoms with Crippen molar-refractivity contribution in [2.45, 2.75) is 239 Å². The van der Waals surface area contributed by atoms with Crippen molar-refractivity contribution in [3.8, 4) is 0 Å². The maximum Gasteiger partial charge on any atom is 0.329 e. The highest BCUT2D eigenvalue weighted by atomic mass is 16.6. The number of esters is 6. The van der Waals surface area contributed by atoms with Crippen molar-refractivity contribution in [1.29, 1.82) is 0 Å². The lowest BCUT2D eigenvalue weighted by Gasteiger charge is -2.24. The smallest absolute Gasteiger partial charge is 0.329 e. The summed E-state index contributed by atoms with van der Waals surface area (Å²) in [4.78, 5) is 96.8. The van der Waals surface area contributed by atoms with Gasteiger partial charge in [0.05, 0.1) is 51.9 Å². The topological polar surface area (TPSA) is 196 Å². The van der Waals surface area contributed by atoms with Gasteiger partial charge in [-0.2, -0.15) is 0 Å². The summed E-state index contributed by atoms with van der Waals surface area (Å²) >= 11 is 0. The SMILES string of the molecule is CCCCCCCCC(=O)OCC(COC(=O)CCCCCCCC)CC(=O)OC[C@H]1C[C@H](OC(=O)CC(COC(=O)CCCCCCCC)COC(=O)CCCCCCCC)CN1C(=O)n1ccnc1. The molecule has 2 atom stereocenters. The number of nitrogens with zero attached hydrogens (tertiary/aromatic N) is 3. The molecule has 2 rings (SSSR count). The Balaban J connectivity index is 2.07. The Morgan fingerprint density at radius 1 is 0.479 bits per heavy atom. The summed E-state index contributed by atoms with van der Waals surface area (Å²) in [7, 11) is 0. The molecule has 0 spiro atoms. The van der Waals surface area contributed by atoms with Gasteiger partial charge >= 0.3 is 41.8 Å². The van der Waals surface area contributed by atoms with Crippen molar-refractivity contribution in [3.63, 3.8) is 0 Å². The zero-order valence-corrected chi connectivity index (χ0v) is 44.4. The molecule has 0 radical (unpaired) electrons. The predicted octanol–water partition coefficient (Wildman–Crippen LogP) is 11.6. The van der Waals surface area contributed by atoms with E-state index in [0.29, 0.717) is 25.7 Å². The zero-order chi connectivity index (χ0) is 51.7. The lowest BCUT2D eigenvalue weighted by molar-refractivity contribution is -0.157. The van der Waals surface area contributed by atoms with E-state index in [1.165, 1.54) is 28.2 Å². The van der Waals surface area contributed by atoms with Gasteiger partial charge in [0.25, 0.3) is 0 Å². The summed E-state index contributed by atoms with van der Waals surface area (Å²) in [6.45, 7) is 7.88. The van der Waals surface area contributed by atoms with Crippen LogP contribution in [0.4, 0.5) is 4.79 Å². The number of ether oxygens (including phenoxy) is 6. The van der Waals surface area contributed by atoms with E-state index in [1.807, 2.05) is 0 Å². The molecule has 1 aliphatic heterocycles. The summed E-state index contributed by atoms with van der Waals surface area (Å²) in [5.74, 6) is -4.06. The molecular formula is C55H93N3O13. The number of likely N-dealkylation sites (tertiary alicyclic amines) is 1. The molecule has 1 amide bonds. The van der Waals surface area contributed by atoms with E-state index in [0.717, 1.165) is 128 Å².